The molecule has 0 aliphatic carbocycles. The number of benzene rings is 1. The highest BCUT2D eigenvalue weighted by Gasteiger charge is 2.23. The van der Waals surface area contributed by atoms with E-state index in [2.05, 4.69) is 43.4 Å². The maximum Gasteiger partial charge on any atom is 0.0375 e. The molecule has 0 spiro atoms. The highest BCUT2D eigenvalue weighted by molar-refractivity contribution is 5.55. The van der Waals surface area contributed by atoms with Gasteiger partial charge in [0.15, 0.2) is 0 Å². The van der Waals surface area contributed by atoms with Gasteiger partial charge in [0.2, 0.25) is 0 Å². The van der Waals surface area contributed by atoms with Crippen molar-refractivity contribution in [3.8, 4) is 0 Å². The topological polar surface area (TPSA) is 12.0 Å². The molecule has 0 saturated carbocycles. The molecule has 1 heterocycles. The lowest BCUT2D eigenvalue weighted by atomic mass is 9.81. The van der Waals surface area contributed by atoms with Gasteiger partial charge in [-0.25, -0.2) is 0 Å². The molecule has 1 aromatic rings. The van der Waals surface area contributed by atoms with E-state index in [1.54, 1.807) is 0 Å². The average molecular weight is 175 g/mol. The quantitative estimate of drug-likeness (QED) is 0.691. The summed E-state index contributed by atoms with van der Waals surface area (Å²) in [5, 5.41) is 3.48. The Labute approximate surface area is 80.2 Å². The molecule has 1 aliphatic rings. The monoisotopic (exact) mass is 175 g/mol. The highest BCUT2D eigenvalue weighted by Crippen LogP contribution is 2.36. The van der Waals surface area contributed by atoms with E-state index < -0.39 is 0 Å². The molecule has 0 aromatic heterocycles. The Balaban J connectivity index is 2.39. The molecule has 1 nitrogen and oxygen atoms in total. The Kier molecular flexibility index (Phi) is 2.26. The molecule has 2 rings (SSSR count). The molecule has 1 aliphatic heterocycles. The second-order valence-corrected chi connectivity index (χ2v) is 3.96. The fourth-order valence-electron chi connectivity index (χ4n) is 2.32. The van der Waals surface area contributed by atoms with E-state index in [1.807, 2.05) is 0 Å². The second-order valence-electron chi connectivity index (χ2n) is 3.96. The van der Waals surface area contributed by atoms with E-state index in [0.717, 1.165) is 18.4 Å². The first-order valence-electron chi connectivity index (χ1n) is 5.15. The Hall–Kier alpha value is -0.980. The van der Waals surface area contributed by atoms with Crippen LogP contribution in [0, 0.1) is 5.92 Å². The van der Waals surface area contributed by atoms with Crippen LogP contribution in [0.25, 0.3) is 0 Å². The van der Waals surface area contributed by atoms with Gasteiger partial charge in [-0.15, -0.1) is 0 Å². The zero-order valence-electron chi connectivity index (χ0n) is 8.38. The van der Waals surface area contributed by atoms with Crippen molar-refractivity contribution in [3.05, 3.63) is 29.8 Å². The third-order valence-corrected chi connectivity index (χ3v) is 3.10. The highest BCUT2D eigenvalue weighted by atomic mass is 14.9. The van der Waals surface area contributed by atoms with Crippen LogP contribution in [0.4, 0.5) is 5.69 Å². The van der Waals surface area contributed by atoms with Crippen LogP contribution in [0.2, 0.25) is 0 Å². The minimum absolute atomic E-state index is 0.748. The molecule has 70 valence electrons. The normalized spacial score (nSPS) is 26.3. The maximum atomic E-state index is 3.48. The molecule has 1 aromatic carbocycles. The molecule has 0 amide bonds. The Morgan fingerprint density at radius 2 is 2.15 bits per heavy atom. The van der Waals surface area contributed by atoms with Gasteiger partial charge in [-0.3, -0.25) is 0 Å². The molecule has 2 atom stereocenters. The Bertz CT molecular complexity index is 293. The Morgan fingerprint density at radius 3 is 2.92 bits per heavy atom. The van der Waals surface area contributed by atoms with Crippen LogP contribution in [0.5, 0.6) is 0 Å². The molecule has 0 radical (unpaired) electrons. The molecule has 1 N–H and O–H groups in total. The van der Waals surface area contributed by atoms with Gasteiger partial charge in [-0.2, -0.15) is 0 Å². The van der Waals surface area contributed by atoms with Crippen molar-refractivity contribution in [1.82, 2.24) is 0 Å². The number of fused-ring (bicyclic) bond motifs is 1. The number of nitrogens with one attached hydrogen (secondary N) is 1. The zero-order valence-corrected chi connectivity index (χ0v) is 8.38. The number of para-hydroxylation sites is 1. The van der Waals surface area contributed by atoms with Crippen LogP contribution in [-0.2, 0) is 0 Å². The van der Waals surface area contributed by atoms with Crippen molar-refractivity contribution in [2.45, 2.75) is 26.2 Å². The molecule has 1 heteroatoms. The summed E-state index contributed by atoms with van der Waals surface area (Å²) in [7, 11) is 0. The average Bonchev–Trinajstić information content (AvgIpc) is 2.18. The van der Waals surface area contributed by atoms with Crippen LogP contribution in [0.1, 0.15) is 31.7 Å². The van der Waals surface area contributed by atoms with E-state index in [9.17, 15) is 0 Å². The summed E-state index contributed by atoms with van der Waals surface area (Å²) in [5.74, 6) is 1.51. The van der Waals surface area contributed by atoms with Crippen LogP contribution in [0.15, 0.2) is 24.3 Å². The lowest BCUT2D eigenvalue weighted by Crippen LogP contribution is -2.25. The third-order valence-electron chi connectivity index (χ3n) is 3.10. The van der Waals surface area contributed by atoms with Crippen molar-refractivity contribution in [3.63, 3.8) is 0 Å². The molecule has 0 saturated heterocycles. The summed E-state index contributed by atoms with van der Waals surface area (Å²) >= 11 is 0. The summed E-state index contributed by atoms with van der Waals surface area (Å²) in [4.78, 5) is 0. The Morgan fingerprint density at radius 1 is 1.38 bits per heavy atom. The summed E-state index contributed by atoms with van der Waals surface area (Å²) < 4.78 is 0. The summed E-state index contributed by atoms with van der Waals surface area (Å²) in [6.07, 6.45) is 1.25. The molecular formula is C12H17N. The predicted molar refractivity (Wildman–Crippen MR) is 57.1 cm³/mol. The van der Waals surface area contributed by atoms with Gasteiger partial charge in [0.05, 0.1) is 0 Å². The second kappa shape index (κ2) is 3.41. The lowest BCUT2D eigenvalue weighted by Gasteiger charge is -2.31. The first-order chi connectivity index (χ1) is 6.33. The van der Waals surface area contributed by atoms with Gasteiger partial charge in [-0.1, -0.05) is 32.0 Å². The van der Waals surface area contributed by atoms with Crippen molar-refractivity contribution in [2.24, 2.45) is 5.92 Å². The maximum absolute atomic E-state index is 3.48. The SMILES string of the molecule is CC[C@@H]1c2ccccc2NC[C@@H]1C. The van der Waals surface area contributed by atoms with Gasteiger partial charge in [0.25, 0.3) is 0 Å². The van der Waals surface area contributed by atoms with Crippen LogP contribution >= 0.6 is 0 Å². The van der Waals surface area contributed by atoms with Gasteiger partial charge in [0, 0.05) is 12.2 Å². The fraction of sp³-hybridized carbons (Fsp3) is 0.500. The fourth-order valence-corrected chi connectivity index (χ4v) is 2.32. The summed E-state index contributed by atoms with van der Waals surface area (Å²) in [6.45, 7) is 5.73. The van der Waals surface area contributed by atoms with E-state index in [1.165, 1.54) is 17.7 Å². The smallest absolute Gasteiger partial charge is 0.0375 e. The minimum Gasteiger partial charge on any atom is -0.385 e. The molecule has 0 unspecified atom stereocenters. The minimum atomic E-state index is 0.748. The van der Waals surface area contributed by atoms with E-state index in [-0.39, 0.29) is 0 Å². The van der Waals surface area contributed by atoms with E-state index >= 15 is 0 Å². The standard InChI is InChI=1S/C12H17N/c1-3-10-9(2)8-13-12-7-5-4-6-11(10)12/h4-7,9-10,13H,3,8H2,1-2H3/t9-,10-/m0/s1. The van der Waals surface area contributed by atoms with Crippen molar-refractivity contribution in [2.75, 3.05) is 11.9 Å². The van der Waals surface area contributed by atoms with E-state index in [0.29, 0.717) is 0 Å². The van der Waals surface area contributed by atoms with Gasteiger partial charge < -0.3 is 5.32 Å². The predicted octanol–water partition coefficient (Wildman–Crippen LogP) is 3.24. The molecular weight excluding hydrogens is 158 g/mol. The largest absolute Gasteiger partial charge is 0.385 e. The first-order valence-corrected chi connectivity index (χ1v) is 5.15. The van der Waals surface area contributed by atoms with Gasteiger partial charge in [0.1, 0.15) is 0 Å². The van der Waals surface area contributed by atoms with Crippen molar-refractivity contribution < 1.29 is 0 Å². The third kappa shape index (κ3) is 1.43. The van der Waals surface area contributed by atoms with Gasteiger partial charge >= 0.3 is 0 Å². The van der Waals surface area contributed by atoms with Crippen molar-refractivity contribution >= 4 is 5.69 Å². The number of hydrogen-bond donors (Lipinski definition) is 1. The number of rotatable bonds is 1. The van der Waals surface area contributed by atoms with Crippen LogP contribution in [0.3, 0.4) is 0 Å². The molecule has 13 heavy (non-hydrogen) atoms. The number of hydrogen-bond acceptors (Lipinski definition) is 1. The number of anilines is 1. The van der Waals surface area contributed by atoms with Gasteiger partial charge in [-0.05, 0) is 29.9 Å². The molecule has 0 bridgehead atoms. The zero-order chi connectivity index (χ0) is 9.26. The summed E-state index contributed by atoms with van der Waals surface area (Å²) in [6, 6.07) is 8.69. The summed E-state index contributed by atoms with van der Waals surface area (Å²) in [5.41, 5.74) is 2.84. The van der Waals surface area contributed by atoms with Crippen molar-refractivity contribution in [1.29, 1.82) is 0 Å². The first kappa shape index (κ1) is 8.61. The molecule has 0 fully saturated rings. The van der Waals surface area contributed by atoms with Crippen LogP contribution < -0.4 is 5.32 Å². The van der Waals surface area contributed by atoms with Crippen LogP contribution in [-0.4, -0.2) is 6.54 Å². The lowest BCUT2D eigenvalue weighted by molar-refractivity contribution is 0.454. The van der Waals surface area contributed by atoms with E-state index in [4.69, 9.17) is 0 Å².